The molecule has 0 radical (unpaired) electrons. The number of H-pyrrole nitrogens is 1. The highest BCUT2D eigenvalue weighted by Gasteiger charge is 2.25. The molecule has 0 aliphatic rings. The standard InChI is InChI=1S/C28H28N2O4/c1-20(22-12-6-3-7-13-22)18-34-28(32)30-26(27(31)33-19-21-10-4-2-5-11-21)16-23-17-29-25-15-9-8-14-24(23)25/h2-15,17,20,26,29H,16,18-19H2,1H3,(H,30,32). The molecule has 34 heavy (non-hydrogen) atoms. The first-order chi connectivity index (χ1) is 16.6. The molecule has 6 nitrogen and oxygen atoms in total. The fourth-order valence-electron chi connectivity index (χ4n) is 3.81. The molecular formula is C28H28N2O4. The van der Waals surface area contributed by atoms with Crippen LogP contribution >= 0.6 is 0 Å². The zero-order valence-electron chi connectivity index (χ0n) is 19.1. The summed E-state index contributed by atoms with van der Waals surface area (Å²) in [6.45, 7) is 2.32. The lowest BCUT2D eigenvalue weighted by Gasteiger charge is -2.19. The van der Waals surface area contributed by atoms with Crippen LogP contribution in [0.5, 0.6) is 0 Å². The van der Waals surface area contributed by atoms with E-state index in [0.717, 1.165) is 27.6 Å². The van der Waals surface area contributed by atoms with Gasteiger partial charge in [-0.3, -0.25) is 0 Å². The average Bonchev–Trinajstić information content (AvgIpc) is 3.29. The van der Waals surface area contributed by atoms with Crippen molar-refractivity contribution < 1.29 is 19.1 Å². The van der Waals surface area contributed by atoms with E-state index in [-0.39, 0.29) is 25.6 Å². The molecule has 1 aromatic heterocycles. The number of ether oxygens (including phenoxy) is 2. The predicted octanol–water partition coefficient (Wildman–Crippen LogP) is 5.35. The van der Waals surface area contributed by atoms with Crippen molar-refractivity contribution >= 4 is 23.0 Å². The van der Waals surface area contributed by atoms with E-state index in [1.54, 1.807) is 0 Å². The second-order valence-electron chi connectivity index (χ2n) is 8.26. The highest BCUT2D eigenvalue weighted by Crippen LogP contribution is 2.20. The molecule has 0 aliphatic heterocycles. The van der Waals surface area contributed by atoms with E-state index in [9.17, 15) is 9.59 Å². The fourth-order valence-corrected chi connectivity index (χ4v) is 3.81. The van der Waals surface area contributed by atoms with E-state index in [0.29, 0.717) is 0 Å². The summed E-state index contributed by atoms with van der Waals surface area (Å²) in [6.07, 6.45) is 1.48. The molecule has 0 spiro atoms. The van der Waals surface area contributed by atoms with E-state index in [1.165, 1.54) is 0 Å². The Hall–Kier alpha value is -4.06. The fraction of sp³-hybridized carbons (Fsp3) is 0.214. The van der Waals surface area contributed by atoms with Crippen LogP contribution in [0, 0.1) is 0 Å². The smallest absolute Gasteiger partial charge is 0.407 e. The zero-order chi connectivity index (χ0) is 23.8. The number of para-hydroxylation sites is 1. The van der Waals surface area contributed by atoms with Gasteiger partial charge in [-0.25, -0.2) is 9.59 Å². The Morgan fingerprint density at radius 2 is 1.56 bits per heavy atom. The van der Waals surface area contributed by atoms with Crippen molar-refractivity contribution in [1.29, 1.82) is 0 Å². The summed E-state index contributed by atoms with van der Waals surface area (Å²) in [5, 5.41) is 3.71. The van der Waals surface area contributed by atoms with Gasteiger partial charge in [0, 0.05) is 29.4 Å². The van der Waals surface area contributed by atoms with Gasteiger partial charge < -0.3 is 19.8 Å². The Balaban J connectivity index is 1.42. The SMILES string of the molecule is CC(COC(=O)NC(Cc1c[nH]c2ccccc12)C(=O)OCc1ccccc1)c1ccccc1. The van der Waals surface area contributed by atoms with Crippen LogP contribution < -0.4 is 5.32 Å². The van der Waals surface area contributed by atoms with Crippen molar-refractivity contribution in [3.63, 3.8) is 0 Å². The van der Waals surface area contributed by atoms with Crippen LogP contribution in [0.25, 0.3) is 10.9 Å². The van der Waals surface area contributed by atoms with Crippen LogP contribution in [0.3, 0.4) is 0 Å². The first kappa shape index (κ1) is 23.1. The Bertz CT molecular complexity index is 1220. The molecular weight excluding hydrogens is 428 g/mol. The second kappa shape index (κ2) is 11.2. The maximum absolute atomic E-state index is 13.0. The molecule has 1 amide bonds. The van der Waals surface area contributed by atoms with Crippen molar-refractivity contribution in [3.8, 4) is 0 Å². The van der Waals surface area contributed by atoms with Gasteiger partial charge in [0.1, 0.15) is 12.6 Å². The minimum atomic E-state index is -0.887. The molecule has 3 aromatic carbocycles. The number of amides is 1. The Morgan fingerprint density at radius 1 is 0.882 bits per heavy atom. The van der Waals surface area contributed by atoms with Crippen LogP contribution in [0.2, 0.25) is 0 Å². The number of aromatic amines is 1. The van der Waals surface area contributed by atoms with Crippen molar-refractivity contribution in [1.82, 2.24) is 10.3 Å². The molecule has 4 aromatic rings. The van der Waals surface area contributed by atoms with Gasteiger partial charge in [-0.15, -0.1) is 0 Å². The summed E-state index contributed by atoms with van der Waals surface area (Å²) >= 11 is 0. The second-order valence-corrected chi connectivity index (χ2v) is 8.26. The van der Waals surface area contributed by atoms with Crippen molar-refractivity contribution in [2.75, 3.05) is 6.61 Å². The van der Waals surface area contributed by atoms with Gasteiger partial charge in [0.15, 0.2) is 0 Å². The molecule has 0 aliphatic carbocycles. The highest BCUT2D eigenvalue weighted by atomic mass is 16.6. The molecule has 2 N–H and O–H groups in total. The third kappa shape index (κ3) is 6.04. The number of carbonyl (C=O) groups excluding carboxylic acids is 2. The molecule has 0 saturated heterocycles. The van der Waals surface area contributed by atoms with Crippen molar-refractivity contribution in [3.05, 3.63) is 108 Å². The summed E-state index contributed by atoms with van der Waals surface area (Å²) in [5.74, 6) is -0.480. The van der Waals surface area contributed by atoms with Crippen LogP contribution in [0.1, 0.15) is 29.5 Å². The summed E-state index contributed by atoms with van der Waals surface area (Å²) in [5.41, 5.74) is 3.83. The summed E-state index contributed by atoms with van der Waals surface area (Å²) in [7, 11) is 0. The molecule has 0 saturated carbocycles. The third-order valence-electron chi connectivity index (χ3n) is 5.73. The van der Waals surface area contributed by atoms with Gasteiger partial charge in [0.2, 0.25) is 0 Å². The number of fused-ring (bicyclic) bond motifs is 1. The van der Waals surface area contributed by atoms with E-state index in [2.05, 4.69) is 10.3 Å². The lowest BCUT2D eigenvalue weighted by atomic mass is 10.0. The first-order valence-corrected chi connectivity index (χ1v) is 11.3. The third-order valence-corrected chi connectivity index (χ3v) is 5.73. The summed E-state index contributed by atoms with van der Waals surface area (Å²) in [6, 6.07) is 26.2. The van der Waals surface area contributed by atoms with Crippen LogP contribution in [0.4, 0.5) is 4.79 Å². The number of rotatable bonds is 9. The molecule has 1 heterocycles. The number of nitrogens with one attached hydrogen (secondary N) is 2. The molecule has 0 fully saturated rings. The van der Waals surface area contributed by atoms with E-state index >= 15 is 0 Å². The molecule has 6 heteroatoms. The number of esters is 1. The van der Waals surface area contributed by atoms with Gasteiger partial charge in [-0.1, -0.05) is 85.8 Å². The monoisotopic (exact) mass is 456 g/mol. The van der Waals surface area contributed by atoms with Gasteiger partial charge in [-0.05, 0) is 22.8 Å². The van der Waals surface area contributed by atoms with Gasteiger partial charge >= 0.3 is 12.1 Å². The summed E-state index contributed by atoms with van der Waals surface area (Å²) in [4.78, 5) is 28.8. The minimum absolute atomic E-state index is 0.0315. The maximum atomic E-state index is 13.0. The first-order valence-electron chi connectivity index (χ1n) is 11.3. The zero-order valence-corrected chi connectivity index (χ0v) is 19.1. The van der Waals surface area contributed by atoms with Gasteiger partial charge in [-0.2, -0.15) is 0 Å². The van der Waals surface area contributed by atoms with Crippen LogP contribution in [-0.4, -0.2) is 29.7 Å². The number of hydrogen-bond acceptors (Lipinski definition) is 4. The van der Waals surface area contributed by atoms with Gasteiger partial charge in [0.05, 0.1) is 6.61 Å². The topological polar surface area (TPSA) is 80.4 Å². The normalized spacial score (nSPS) is 12.6. The van der Waals surface area contributed by atoms with E-state index in [4.69, 9.17) is 9.47 Å². The minimum Gasteiger partial charge on any atom is -0.459 e. The number of benzene rings is 3. The predicted molar refractivity (Wildman–Crippen MR) is 131 cm³/mol. The largest absolute Gasteiger partial charge is 0.459 e. The number of aromatic nitrogens is 1. The van der Waals surface area contributed by atoms with E-state index < -0.39 is 18.1 Å². The summed E-state index contributed by atoms with van der Waals surface area (Å²) < 4.78 is 11.0. The maximum Gasteiger partial charge on any atom is 0.407 e. The van der Waals surface area contributed by atoms with Crippen LogP contribution in [-0.2, 0) is 27.3 Å². The average molecular weight is 457 g/mol. The molecule has 0 bridgehead atoms. The molecule has 2 atom stereocenters. The highest BCUT2D eigenvalue weighted by molar-refractivity contribution is 5.86. The lowest BCUT2D eigenvalue weighted by molar-refractivity contribution is -0.147. The molecule has 174 valence electrons. The Kier molecular flexibility index (Phi) is 7.60. The number of carbonyl (C=O) groups is 2. The number of alkyl carbamates (subject to hydrolysis) is 1. The quantitative estimate of drug-likeness (QED) is 0.333. The number of hydrogen-bond donors (Lipinski definition) is 2. The van der Waals surface area contributed by atoms with Gasteiger partial charge in [0.25, 0.3) is 0 Å². The Labute approximate surface area is 198 Å². The van der Waals surface area contributed by atoms with Crippen molar-refractivity contribution in [2.24, 2.45) is 0 Å². The van der Waals surface area contributed by atoms with Crippen molar-refractivity contribution in [2.45, 2.75) is 31.9 Å². The molecule has 4 rings (SSSR count). The Morgan fingerprint density at radius 3 is 2.32 bits per heavy atom. The van der Waals surface area contributed by atoms with E-state index in [1.807, 2.05) is 98.0 Å². The lowest BCUT2D eigenvalue weighted by Crippen LogP contribution is -2.43. The molecule has 2 unspecified atom stereocenters. The van der Waals surface area contributed by atoms with Crippen LogP contribution in [0.15, 0.2) is 91.1 Å².